The van der Waals surface area contributed by atoms with E-state index in [0.29, 0.717) is 35.5 Å². The molecule has 0 aliphatic heterocycles. The van der Waals surface area contributed by atoms with Gasteiger partial charge in [-0.2, -0.15) is 0 Å². The van der Waals surface area contributed by atoms with Gasteiger partial charge in [0.2, 0.25) is 0 Å². The molecule has 0 aliphatic rings. The van der Waals surface area contributed by atoms with Crippen molar-refractivity contribution in [1.29, 1.82) is 0 Å². The normalized spacial score (nSPS) is 10.1. The number of esters is 1. The van der Waals surface area contributed by atoms with Crippen LogP contribution < -0.4 is 5.32 Å². The summed E-state index contributed by atoms with van der Waals surface area (Å²) in [6.45, 7) is 5.02. The van der Waals surface area contributed by atoms with Crippen LogP contribution in [0.25, 0.3) is 0 Å². The van der Waals surface area contributed by atoms with Crippen LogP contribution in [0.4, 0.5) is 5.69 Å². The predicted octanol–water partition coefficient (Wildman–Crippen LogP) is 3.21. The van der Waals surface area contributed by atoms with Crippen molar-refractivity contribution in [1.82, 2.24) is 4.90 Å². The van der Waals surface area contributed by atoms with Crippen LogP contribution in [0.1, 0.15) is 44.9 Å². The zero-order chi connectivity index (χ0) is 19.1. The van der Waals surface area contributed by atoms with Crippen LogP contribution in [0.15, 0.2) is 48.5 Å². The van der Waals surface area contributed by atoms with E-state index in [2.05, 4.69) is 10.1 Å². The Morgan fingerprint density at radius 2 is 1.54 bits per heavy atom. The van der Waals surface area contributed by atoms with E-state index in [1.807, 2.05) is 13.8 Å². The van der Waals surface area contributed by atoms with Crippen LogP contribution in [0.5, 0.6) is 0 Å². The Morgan fingerprint density at radius 3 is 2.19 bits per heavy atom. The molecule has 0 aliphatic carbocycles. The van der Waals surface area contributed by atoms with Gasteiger partial charge in [-0.15, -0.1) is 0 Å². The summed E-state index contributed by atoms with van der Waals surface area (Å²) in [4.78, 5) is 38.2. The lowest BCUT2D eigenvalue weighted by Gasteiger charge is -2.18. The maximum Gasteiger partial charge on any atom is 0.337 e. The zero-order valence-corrected chi connectivity index (χ0v) is 15.1. The van der Waals surface area contributed by atoms with Gasteiger partial charge >= 0.3 is 5.97 Å². The van der Waals surface area contributed by atoms with Gasteiger partial charge in [-0.1, -0.05) is 12.1 Å². The van der Waals surface area contributed by atoms with Gasteiger partial charge in [-0.3, -0.25) is 9.59 Å². The summed E-state index contributed by atoms with van der Waals surface area (Å²) in [6.07, 6.45) is 0. The molecule has 0 bridgehead atoms. The van der Waals surface area contributed by atoms with E-state index in [4.69, 9.17) is 0 Å². The van der Waals surface area contributed by atoms with Crippen LogP contribution in [-0.4, -0.2) is 42.9 Å². The molecular formula is C20H22N2O4. The largest absolute Gasteiger partial charge is 0.465 e. The van der Waals surface area contributed by atoms with Crippen LogP contribution in [-0.2, 0) is 4.74 Å². The minimum absolute atomic E-state index is 0.114. The van der Waals surface area contributed by atoms with Crippen molar-refractivity contribution in [3.63, 3.8) is 0 Å². The molecular weight excluding hydrogens is 332 g/mol. The van der Waals surface area contributed by atoms with Crippen molar-refractivity contribution >= 4 is 23.5 Å². The van der Waals surface area contributed by atoms with E-state index in [1.165, 1.54) is 13.2 Å². The van der Waals surface area contributed by atoms with Crippen molar-refractivity contribution in [2.75, 3.05) is 25.5 Å². The molecule has 136 valence electrons. The zero-order valence-electron chi connectivity index (χ0n) is 15.1. The molecule has 0 unspecified atom stereocenters. The summed E-state index contributed by atoms with van der Waals surface area (Å²) >= 11 is 0. The summed E-state index contributed by atoms with van der Waals surface area (Å²) in [5.74, 6) is -0.952. The Balaban J connectivity index is 2.19. The van der Waals surface area contributed by atoms with Crippen LogP contribution in [0.2, 0.25) is 0 Å². The van der Waals surface area contributed by atoms with Crippen molar-refractivity contribution in [3.8, 4) is 0 Å². The third kappa shape index (κ3) is 4.47. The predicted molar refractivity (Wildman–Crippen MR) is 99.4 cm³/mol. The molecule has 6 heteroatoms. The molecule has 0 aromatic heterocycles. The molecule has 2 aromatic carbocycles. The van der Waals surface area contributed by atoms with E-state index in [9.17, 15) is 14.4 Å². The second-order valence-electron chi connectivity index (χ2n) is 5.58. The number of nitrogens with zero attached hydrogens (tertiary/aromatic N) is 1. The molecule has 0 saturated carbocycles. The van der Waals surface area contributed by atoms with Crippen molar-refractivity contribution in [2.45, 2.75) is 13.8 Å². The molecule has 0 saturated heterocycles. The fraction of sp³-hybridized carbons (Fsp3) is 0.250. The number of benzene rings is 2. The number of hydrogen-bond donors (Lipinski definition) is 1. The van der Waals surface area contributed by atoms with Gasteiger partial charge in [-0.05, 0) is 50.2 Å². The summed E-state index contributed by atoms with van der Waals surface area (Å²) in [7, 11) is 1.30. The Bertz CT molecular complexity index is 813. The number of amides is 2. The number of methoxy groups -OCH3 is 1. The highest BCUT2D eigenvalue weighted by Crippen LogP contribution is 2.15. The Kier molecular flexibility index (Phi) is 6.49. The molecule has 2 amide bonds. The third-order valence-corrected chi connectivity index (χ3v) is 3.96. The lowest BCUT2D eigenvalue weighted by molar-refractivity contribution is 0.0600. The Morgan fingerprint density at radius 1 is 0.923 bits per heavy atom. The monoisotopic (exact) mass is 354 g/mol. The summed E-state index contributed by atoms with van der Waals surface area (Å²) in [5, 5.41) is 2.73. The molecule has 1 N–H and O–H groups in total. The molecule has 2 rings (SSSR count). The summed E-state index contributed by atoms with van der Waals surface area (Å²) in [5.41, 5.74) is 1.64. The van der Waals surface area contributed by atoms with Crippen LogP contribution in [0, 0.1) is 0 Å². The number of nitrogens with one attached hydrogen (secondary N) is 1. The first-order valence-corrected chi connectivity index (χ1v) is 8.39. The van der Waals surface area contributed by atoms with E-state index >= 15 is 0 Å². The second-order valence-corrected chi connectivity index (χ2v) is 5.58. The van der Waals surface area contributed by atoms with Gasteiger partial charge in [-0.25, -0.2) is 4.79 Å². The van der Waals surface area contributed by atoms with Crippen molar-refractivity contribution in [2.24, 2.45) is 0 Å². The van der Waals surface area contributed by atoms with E-state index < -0.39 is 5.97 Å². The first kappa shape index (κ1) is 19.2. The van der Waals surface area contributed by atoms with Gasteiger partial charge in [0.1, 0.15) is 0 Å². The molecule has 0 radical (unpaired) electrons. The number of rotatable bonds is 6. The lowest BCUT2D eigenvalue weighted by Crippen LogP contribution is -2.30. The van der Waals surface area contributed by atoms with Crippen LogP contribution >= 0.6 is 0 Å². The quantitative estimate of drug-likeness (QED) is 0.808. The van der Waals surface area contributed by atoms with E-state index in [0.717, 1.165) is 0 Å². The summed E-state index contributed by atoms with van der Waals surface area (Å²) in [6, 6.07) is 13.0. The highest BCUT2D eigenvalue weighted by Gasteiger charge is 2.15. The van der Waals surface area contributed by atoms with Gasteiger partial charge < -0.3 is 15.0 Å². The first-order chi connectivity index (χ1) is 12.5. The number of anilines is 1. The number of hydrogen-bond acceptors (Lipinski definition) is 4. The average Bonchev–Trinajstić information content (AvgIpc) is 2.68. The van der Waals surface area contributed by atoms with Gasteiger partial charge in [0.15, 0.2) is 0 Å². The Labute approximate surface area is 152 Å². The smallest absolute Gasteiger partial charge is 0.337 e. The third-order valence-electron chi connectivity index (χ3n) is 3.96. The number of carbonyl (C=O) groups excluding carboxylic acids is 3. The summed E-state index contributed by atoms with van der Waals surface area (Å²) < 4.78 is 4.67. The number of carbonyl (C=O) groups is 3. The van der Waals surface area contributed by atoms with Crippen molar-refractivity contribution in [3.05, 3.63) is 65.2 Å². The van der Waals surface area contributed by atoms with E-state index in [1.54, 1.807) is 47.4 Å². The first-order valence-electron chi connectivity index (χ1n) is 8.39. The highest BCUT2D eigenvalue weighted by atomic mass is 16.5. The maximum absolute atomic E-state index is 12.5. The highest BCUT2D eigenvalue weighted by molar-refractivity contribution is 6.06. The lowest BCUT2D eigenvalue weighted by atomic mass is 10.1. The van der Waals surface area contributed by atoms with Gasteiger partial charge in [0.05, 0.1) is 12.7 Å². The SMILES string of the molecule is CCN(CC)C(=O)c1cccc(C(=O)Nc2cccc(C(=O)OC)c2)c1. The molecule has 2 aromatic rings. The topological polar surface area (TPSA) is 75.7 Å². The van der Waals surface area contributed by atoms with Gasteiger partial charge in [0, 0.05) is 29.9 Å². The average molecular weight is 354 g/mol. The number of ether oxygens (including phenoxy) is 1. The molecule has 0 atom stereocenters. The van der Waals surface area contributed by atoms with Crippen LogP contribution in [0.3, 0.4) is 0 Å². The Hall–Kier alpha value is -3.15. The standard InChI is InChI=1S/C20H22N2O4/c1-4-22(5-2)19(24)15-9-6-8-14(12-15)18(23)21-17-11-7-10-16(13-17)20(25)26-3/h6-13H,4-5H2,1-3H3,(H,21,23). The molecule has 0 fully saturated rings. The second kappa shape index (κ2) is 8.80. The van der Waals surface area contributed by atoms with Crippen molar-refractivity contribution < 1.29 is 19.1 Å². The van der Waals surface area contributed by atoms with E-state index in [-0.39, 0.29) is 11.8 Å². The molecule has 0 heterocycles. The van der Waals surface area contributed by atoms with Gasteiger partial charge in [0.25, 0.3) is 11.8 Å². The molecule has 6 nitrogen and oxygen atoms in total. The molecule has 0 spiro atoms. The minimum atomic E-state index is -0.479. The maximum atomic E-state index is 12.5. The fourth-order valence-corrected chi connectivity index (χ4v) is 2.53. The minimum Gasteiger partial charge on any atom is -0.465 e. The molecule has 26 heavy (non-hydrogen) atoms. The fourth-order valence-electron chi connectivity index (χ4n) is 2.53.